The van der Waals surface area contributed by atoms with Gasteiger partial charge in [0.25, 0.3) is 0 Å². The van der Waals surface area contributed by atoms with Crippen molar-refractivity contribution in [3.05, 3.63) is 0 Å². The van der Waals surface area contributed by atoms with Gasteiger partial charge in [0.2, 0.25) is 0 Å². The third-order valence-electron chi connectivity index (χ3n) is 1.86. The van der Waals surface area contributed by atoms with Gasteiger partial charge in [0.05, 0.1) is 0 Å². The first-order chi connectivity index (χ1) is 7.35. The Labute approximate surface area is 92.8 Å². The number of carbonyl (C=O) groups excluding carboxylic acids is 1. The molecule has 3 nitrogen and oxygen atoms in total. The summed E-state index contributed by atoms with van der Waals surface area (Å²) in [6, 6.07) is 0. The maximum atomic E-state index is 11.7. The van der Waals surface area contributed by atoms with Gasteiger partial charge in [0.15, 0.2) is 0 Å². The third-order valence-corrected chi connectivity index (χ3v) is 1.86. The molecule has 0 amide bonds. The quantitative estimate of drug-likeness (QED) is 0.390. The van der Waals surface area contributed by atoms with E-state index in [1.165, 1.54) is 0 Å². The highest BCUT2D eigenvalue weighted by molar-refractivity contribution is 5.69. The minimum Gasteiger partial charge on any atom is -0.298 e. The Hall–Kier alpha value is -0.780. The van der Waals surface area contributed by atoms with Crippen molar-refractivity contribution < 1.29 is 27.7 Å². The largest absolute Gasteiger partial charge is 0.399 e. The molecular weight excluding hydrogens is 225 g/mol. The van der Waals surface area contributed by atoms with Crippen LogP contribution in [0, 0.1) is 0 Å². The Morgan fingerprint density at radius 2 is 1.94 bits per heavy atom. The van der Waals surface area contributed by atoms with E-state index in [9.17, 15) is 18.0 Å². The van der Waals surface area contributed by atoms with E-state index in [0.29, 0.717) is 6.42 Å². The maximum absolute atomic E-state index is 11.7. The number of alkyl halides is 3. The Kier molecular flexibility index (Phi) is 7.12. The summed E-state index contributed by atoms with van der Waals surface area (Å²) in [6.45, 7) is 3.69. The molecule has 96 valence electrons. The Balaban J connectivity index is 3.59. The molecule has 0 aromatic carbocycles. The zero-order valence-corrected chi connectivity index (χ0v) is 9.47. The van der Waals surface area contributed by atoms with Crippen LogP contribution in [-0.4, -0.2) is 18.2 Å². The first-order valence-electron chi connectivity index (χ1n) is 5.28. The van der Waals surface area contributed by atoms with Crippen molar-refractivity contribution in [1.29, 1.82) is 0 Å². The van der Waals surface area contributed by atoms with E-state index in [1.807, 2.05) is 6.92 Å². The summed E-state index contributed by atoms with van der Waals surface area (Å²) in [4.78, 5) is 19.2. The molecule has 6 heteroatoms. The number of hydrogen-bond donors (Lipinski definition) is 0. The van der Waals surface area contributed by atoms with E-state index < -0.39 is 18.6 Å². The molecule has 0 N–H and O–H groups in total. The topological polar surface area (TPSA) is 35.5 Å². The van der Waals surface area contributed by atoms with Gasteiger partial charge in [-0.2, -0.15) is 18.1 Å². The summed E-state index contributed by atoms with van der Waals surface area (Å²) >= 11 is 0. The van der Waals surface area contributed by atoms with E-state index >= 15 is 0 Å². The van der Waals surface area contributed by atoms with Crippen LogP contribution >= 0.6 is 0 Å². The second-order valence-electron chi connectivity index (χ2n) is 3.65. The van der Waals surface area contributed by atoms with Gasteiger partial charge < -0.3 is 0 Å². The van der Waals surface area contributed by atoms with Crippen molar-refractivity contribution in [2.75, 3.05) is 0 Å². The minimum absolute atomic E-state index is 0.372. The molecule has 0 saturated heterocycles. The van der Waals surface area contributed by atoms with E-state index in [-0.39, 0.29) is 6.10 Å². The van der Waals surface area contributed by atoms with Crippen molar-refractivity contribution in [1.82, 2.24) is 0 Å². The van der Waals surface area contributed by atoms with E-state index in [4.69, 9.17) is 0 Å². The van der Waals surface area contributed by atoms with Gasteiger partial charge in [-0.15, -0.1) is 0 Å². The fraction of sp³-hybridized carbons (Fsp3) is 0.900. The lowest BCUT2D eigenvalue weighted by atomic mass is 10.1. The Bertz CT molecular complexity index is 204. The second kappa shape index (κ2) is 7.49. The molecule has 0 aromatic rings. The number of rotatable bonds is 7. The average Bonchev–Trinajstić information content (AvgIpc) is 2.12. The van der Waals surface area contributed by atoms with Crippen molar-refractivity contribution in [3.63, 3.8) is 0 Å². The highest BCUT2D eigenvalue weighted by Crippen LogP contribution is 2.20. The van der Waals surface area contributed by atoms with Crippen LogP contribution in [-0.2, 0) is 14.6 Å². The second-order valence-corrected chi connectivity index (χ2v) is 3.65. The lowest BCUT2D eigenvalue weighted by Gasteiger charge is -2.11. The van der Waals surface area contributed by atoms with Crippen LogP contribution in [0.5, 0.6) is 0 Å². The summed E-state index contributed by atoms with van der Waals surface area (Å²) in [5.41, 5.74) is 0. The normalized spacial score (nSPS) is 13.6. The first kappa shape index (κ1) is 15.2. The smallest absolute Gasteiger partial charge is 0.298 e. The molecule has 0 radical (unpaired) electrons. The predicted octanol–water partition coefficient (Wildman–Crippen LogP) is 3.38. The zero-order valence-electron chi connectivity index (χ0n) is 9.47. The molecule has 0 aliphatic rings. The fourth-order valence-corrected chi connectivity index (χ4v) is 1.06. The van der Waals surface area contributed by atoms with Crippen LogP contribution < -0.4 is 0 Å². The van der Waals surface area contributed by atoms with Crippen LogP contribution in [0.4, 0.5) is 13.2 Å². The molecule has 0 bridgehead atoms. The SMILES string of the molecule is CCCCCC(C)OOC(=O)CC(F)(F)F. The van der Waals surface area contributed by atoms with Gasteiger partial charge in [-0.05, 0) is 13.3 Å². The minimum atomic E-state index is -4.55. The number of hydrogen-bond acceptors (Lipinski definition) is 3. The lowest BCUT2D eigenvalue weighted by molar-refractivity contribution is -0.301. The number of unbranched alkanes of at least 4 members (excludes halogenated alkanes) is 2. The monoisotopic (exact) mass is 242 g/mol. The molecule has 0 heterocycles. The fourth-order valence-electron chi connectivity index (χ4n) is 1.06. The molecule has 0 rings (SSSR count). The molecule has 0 spiro atoms. The summed E-state index contributed by atoms with van der Waals surface area (Å²) in [6.07, 6.45) is -2.92. The van der Waals surface area contributed by atoms with Crippen LogP contribution in [0.25, 0.3) is 0 Å². The predicted molar refractivity (Wildman–Crippen MR) is 51.5 cm³/mol. The average molecular weight is 242 g/mol. The maximum Gasteiger partial charge on any atom is 0.399 e. The van der Waals surface area contributed by atoms with Crippen LogP contribution in [0.15, 0.2) is 0 Å². The molecule has 1 unspecified atom stereocenters. The van der Waals surface area contributed by atoms with E-state index in [0.717, 1.165) is 19.3 Å². The van der Waals surface area contributed by atoms with Crippen LogP contribution in [0.3, 0.4) is 0 Å². The highest BCUT2D eigenvalue weighted by atomic mass is 19.4. The molecule has 1 atom stereocenters. The van der Waals surface area contributed by atoms with E-state index in [1.54, 1.807) is 6.92 Å². The van der Waals surface area contributed by atoms with E-state index in [2.05, 4.69) is 9.78 Å². The molecule has 0 aliphatic heterocycles. The van der Waals surface area contributed by atoms with Crippen LogP contribution in [0.2, 0.25) is 0 Å². The van der Waals surface area contributed by atoms with Gasteiger partial charge in [-0.3, -0.25) is 4.89 Å². The van der Waals surface area contributed by atoms with Crippen molar-refractivity contribution >= 4 is 5.97 Å². The van der Waals surface area contributed by atoms with Gasteiger partial charge in [-0.1, -0.05) is 26.2 Å². The molecule has 0 aromatic heterocycles. The molecule has 0 fully saturated rings. The number of carbonyl (C=O) groups is 1. The third kappa shape index (κ3) is 9.76. The van der Waals surface area contributed by atoms with Gasteiger partial charge in [0.1, 0.15) is 12.5 Å². The zero-order chi connectivity index (χ0) is 12.6. The Morgan fingerprint density at radius 3 is 2.44 bits per heavy atom. The molecule has 16 heavy (non-hydrogen) atoms. The molecular formula is C10H17F3O3. The van der Waals surface area contributed by atoms with Gasteiger partial charge in [-0.25, -0.2) is 4.79 Å². The Morgan fingerprint density at radius 1 is 1.31 bits per heavy atom. The number of halogens is 3. The summed E-state index contributed by atoms with van der Waals surface area (Å²) in [5, 5.41) is 0. The van der Waals surface area contributed by atoms with Crippen molar-refractivity contribution in [3.8, 4) is 0 Å². The van der Waals surface area contributed by atoms with Gasteiger partial charge in [0, 0.05) is 0 Å². The van der Waals surface area contributed by atoms with Crippen molar-refractivity contribution in [2.45, 2.75) is 58.2 Å². The summed E-state index contributed by atoms with van der Waals surface area (Å²) in [5.74, 6) is -1.41. The molecule has 0 aliphatic carbocycles. The lowest BCUT2D eigenvalue weighted by Crippen LogP contribution is -2.19. The van der Waals surface area contributed by atoms with Crippen molar-refractivity contribution in [2.24, 2.45) is 0 Å². The highest BCUT2D eigenvalue weighted by Gasteiger charge is 2.33. The standard InChI is InChI=1S/C10H17F3O3/c1-3-4-5-6-8(2)15-16-9(14)7-10(11,12)13/h8H,3-7H2,1-2H3. The summed E-state index contributed by atoms with van der Waals surface area (Å²) in [7, 11) is 0. The molecule has 0 saturated carbocycles. The first-order valence-corrected chi connectivity index (χ1v) is 5.28. The van der Waals surface area contributed by atoms with Crippen LogP contribution in [0.1, 0.15) is 46.0 Å². The summed E-state index contributed by atoms with van der Waals surface area (Å²) < 4.78 is 35.2. The van der Waals surface area contributed by atoms with Gasteiger partial charge >= 0.3 is 12.1 Å².